The maximum absolute atomic E-state index is 5.05. The zero-order valence-electron chi connectivity index (χ0n) is 13.7. The van der Waals surface area contributed by atoms with E-state index >= 15 is 0 Å². The predicted molar refractivity (Wildman–Crippen MR) is 81.4 cm³/mol. The second kappa shape index (κ2) is 14.9. The highest BCUT2D eigenvalue weighted by Gasteiger charge is 2.02. The van der Waals surface area contributed by atoms with Gasteiger partial charge in [0.15, 0.2) is 0 Å². The lowest BCUT2D eigenvalue weighted by molar-refractivity contribution is 0.154. The Bertz CT molecular complexity index is 154. The van der Waals surface area contributed by atoms with Crippen molar-refractivity contribution >= 4 is 0 Å². The molecule has 0 fully saturated rings. The number of rotatable bonds is 10. The maximum atomic E-state index is 5.05. The summed E-state index contributed by atoms with van der Waals surface area (Å²) >= 11 is 0. The molecule has 0 bridgehead atoms. The first-order chi connectivity index (χ1) is 8.56. The zero-order valence-corrected chi connectivity index (χ0v) is 13.7. The fourth-order valence-corrected chi connectivity index (χ4v) is 1.47. The van der Waals surface area contributed by atoms with E-state index in [0.29, 0.717) is 0 Å². The van der Waals surface area contributed by atoms with Crippen molar-refractivity contribution in [3.8, 4) is 0 Å². The molecule has 0 saturated heterocycles. The smallest absolute Gasteiger partial charge is 0.0589 e. The lowest BCUT2D eigenvalue weighted by atomic mass is 10.3. The Hall–Kier alpha value is -0.160. The topological polar surface area (TPSA) is 19.0 Å². The van der Waals surface area contributed by atoms with E-state index in [0.717, 1.165) is 26.2 Å². The van der Waals surface area contributed by atoms with E-state index in [1.54, 1.807) is 7.11 Å². The van der Waals surface area contributed by atoms with Crippen LogP contribution in [0.5, 0.6) is 0 Å². The molecule has 0 aromatic rings. The molecule has 0 aromatic carbocycles. The number of hydrogen-bond acceptors (Lipinski definition) is 4. The van der Waals surface area contributed by atoms with Crippen molar-refractivity contribution in [3.63, 3.8) is 0 Å². The van der Waals surface area contributed by atoms with E-state index in [1.807, 2.05) is 13.8 Å². The molecule has 0 aromatic heterocycles. The highest BCUT2D eigenvalue weighted by molar-refractivity contribution is 4.58. The number of ether oxygens (including phenoxy) is 1. The van der Waals surface area contributed by atoms with Crippen molar-refractivity contribution in [2.75, 3.05) is 74.6 Å². The first-order valence-electron chi connectivity index (χ1n) is 7.07. The largest absolute Gasteiger partial charge is 0.383 e. The Morgan fingerprint density at radius 2 is 1.22 bits per heavy atom. The van der Waals surface area contributed by atoms with Crippen molar-refractivity contribution in [1.29, 1.82) is 0 Å². The summed E-state index contributed by atoms with van der Waals surface area (Å²) in [5, 5.41) is 0. The lowest BCUT2D eigenvalue weighted by Gasteiger charge is -2.22. The second-order valence-corrected chi connectivity index (χ2v) is 4.76. The molecule has 112 valence electrons. The first kappa shape index (κ1) is 20.2. The number of hydrogen-bond donors (Lipinski definition) is 0. The van der Waals surface area contributed by atoms with Crippen LogP contribution in [-0.2, 0) is 4.74 Å². The van der Waals surface area contributed by atoms with Gasteiger partial charge in [-0.3, -0.25) is 0 Å². The Morgan fingerprint density at radius 3 is 1.67 bits per heavy atom. The molecule has 0 atom stereocenters. The van der Waals surface area contributed by atoms with E-state index in [4.69, 9.17) is 4.74 Å². The standard InChI is InChI=1S/C12H29N3O.C2H6/c1-13(2)7-6-8-14(3)9-10-15(4)11-12-16-5;1-2/h6-12H2,1-5H3;1-2H3. The summed E-state index contributed by atoms with van der Waals surface area (Å²) in [4.78, 5) is 6.94. The summed E-state index contributed by atoms with van der Waals surface area (Å²) in [6, 6.07) is 0. The SMILES string of the molecule is CC.COCCN(C)CCN(C)CCCN(C)C. The minimum atomic E-state index is 0.820. The molecule has 0 unspecified atom stereocenters. The van der Waals surface area contributed by atoms with E-state index in [1.165, 1.54) is 19.5 Å². The number of methoxy groups -OCH3 is 1. The lowest BCUT2D eigenvalue weighted by Crippen LogP contribution is -2.33. The van der Waals surface area contributed by atoms with Crippen LogP contribution in [0.1, 0.15) is 20.3 Å². The van der Waals surface area contributed by atoms with Gasteiger partial charge in [0.1, 0.15) is 0 Å². The minimum Gasteiger partial charge on any atom is -0.383 e. The van der Waals surface area contributed by atoms with E-state index in [2.05, 4.69) is 42.9 Å². The van der Waals surface area contributed by atoms with Crippen LogP contribution in [-0.4, -0.2) is 89.3 Å². The van der Waals surface area contributed by atoms with Crippen molar-refractivity contribution in [2.45, 2.75) is 20.3 Å². The highest BCUT2D eigenvalue weighted by Crippen LogP contribution is 1.91. The molecular formula is C14H35N3O. The van der Waals surface area contributed by atoms with Gasteiger partial charge in [0.25, 0.3) is 0 Å². The molecule has 0 spiro atoms. The fourth-order valence-electron chi connectivity index (χ4n) is 1.47. The molecule has 4 heteroatoms. The van der Waals surface area contributed by atoms with Crippen LogP contribution < -0.4 is 0 Å². The first-order valence-corrected chi connectivity index (χ1v) is 7.07. The molecule has 18 heavy (non-hydrogen) atoms. The van der Waals surface area contributed by atoms with Gasteiger partial charge in [0, 0.05) is 26.7 Å². The third kappa shape index (κ3) is 15.8. The Morgan fingerprint density at radius 1 is 0.722 bits per heavy atom. The molecule has 0 radical (unpaired) electrons. The normalized spacial score (nSPS) is 11.0. The molecule has 0 aliphatic rings. The summed E-state index contributed by atoms with van der Waals surface area (Å²) in [7, 11) is 10.3. The van der Waals surface area contributed by atoms with Crippen molar-refractivity contribution in [2.24, 2.45) is 0 Å². The van der Waals surface area contributed by atoms with Crippen LogP contribution in [0.2, 0.25) is 0 Å². The highest BCUT2D eigenvalue weighted by atomic mass is 16.5. The number of nitrogens with zero attached hydrogens (tertiary/aromatic N) is 3. The van der Waals surface area contributed by atoms with Gasteiger partial charge in [-0.1, -0.05) is 13.8 Å². The summed E-state index contributed by atoms with van der Waals surface area (Å²) in [6.07, 6.45) is 1.24. The van der Waals surface area contributed by atoms with Crippen molar-refractivity contribution in [1.82, 2.24) is 14.7 Å². The maximum Gasteiger partial charge on any atom is 0.0589 e. The zero-order chi connectivity index (χ0) is 14.4. The van der Waals surface area contributed by atoms with E-state index in [-0.39, 0.29) is 0 Å². The third-order valence-electron chi connectivity index (χ3n) is 2.69. The monoisotopic (exact) mass is 261 g/mol. The van der Waals surface area contributed by atoms with Gasteiger partial charge in [-0.25, -0.2) is 0 Å². The average molecular weight is 261 g/mol. The van der Waals surface area contributed by atoms with Crippen LogP contribution in [0.25, 0.3) is 0 Å². The van der Waals surface area contributed by atoms with Gasteiger partial charge in [0.05, 0.1) is 6.61 Å². The van der Waals surface area contributed by atoms with Crippen LogP contribution >= 0.6 is 0 Å². The van der Waals surface area contributed by atoms with Gasteiger partial charge in [-0.2, -0.15) is 0 Å². The molecular weight excluding hydrogens is 226 g/mol. The summed E-state index contributed by atoms with van der Waals surface area (Å²) in [5.41, 5.74) is 0. The van der Waals surface area contributed by atoms with Crippen LogP contribution in [0, 0.1) is 0 Å². The minimum absolute atomic E-state index is 0.820. The van der Waals surface area contributed by atoms with E-state index in [9.17, 15) is 0 Å². The van der Waals surface area contributed by atoms with Crippen molar-refractivity contribution < 1.29 is 4.74 Å². The molecule has 0 rings (SSSR count). The van der Waals surface area contributed by atoms with Crippen LogP contribution in [0.15, 0.2) is 0 Å². The Kier molecular flexibility index (Phi) is 16.7. The molecule has 0 aliphatic carbocycles. The average Bonchev–Trinajstić information content (AvgIpc) is 2.35. The third-order valence-corrected chi connectivity index (χ3v) is 2.69. The van der Waals surface area contributed by atoms with Gasteiger partial charge in [-0.15, -0.1) is 0 Å². The Balaban J connectivity index is 0. The molecule has 0 N–H and O–H groups in total. The van der Waals surface area contributed by atoms with Crippen LogP contribution in [0.4, 0.5) is 0 Å². The molecule has 0 amide bonds. The second-order valence-electron chi connectivity index (χ2n) is 4.76. The molecule has 0 aliphatic heterocycles. The van der Waals surface area contributed by atoms with Gasteiger partial charge in [0.2, 0.25) is 0 Å². The summed E-state index contributed by atoms with van der Waals surface area (Å²) < 4.78 is 5.05. The van der Waals surface area contributed by atoms with Crippen molar-refractivity contribution in [3.05, 3.63) is 0 Å². The molecule has 4 nitrogen and oxygen atoms in total. The molecule has 0 heterocycles. The quantitative estimate of drug-likeness (QED) is 0.593. The van der Waals surface area contributed by atoms with Gasteiger partial charge >= 0.3 is 0 Å². The van der Waals surface area contributed by atoms with Crippen LogP contribution in [0.3, 0.4) is 0 Å². The fraction of sp³-hybridized carbons (Fsp3) is 1.00. The van der Waals surface area contributed by atoms with Gasteiger partial charge < -0.3 is 19.4 Å². The predicted octanol–water partition coefficient (Wildman–Crippen LogP) is 1.47. The molecule has 0 saturated carbocycles. The Labute approximate surface area is 115 Å². The summed E-state index contributed by atoms with van der Waals surface area (Å²) in [5.74, 6) is 0. The van der Waals surface area contributed by atoms with Gasteiger partial charge in [-0.05, 0) is 47.7 Å². The number of likely N-dealkylation sites (N-methyl/N-ethyl adjacent to an activating group) is 2. The van der Waals surface area contributed by atoms with E-state index < -0.39 is 0 Å². The summed E-state index contributed by atoms with van der Waals surface area (Å²) in [6.45, 7) is 10.4.